The fourth-order valence-electron chi connectivity index (χ4n) is 9.76. The Hall–Kier alpha value is -5.56. The highest BCUT2D eigenvalue weighted by molar-refractivity contribution is 7.97. The van der Waals surface area contributed by atoms with Crippen LogP contribution in [0.15, 0.2) is 149 Å². The number of hydrogen-bond acceptors (Lipinski definition) is 4. The van der Waals surface area contributed by atoms with E-state index in [9.17, 15) is 9.59 Å². The first-order valence-corrected chi connectivity index (χ1v) is 24.1. The van der Waals surface area contributed by atoms with E-state index in [-0.39, 0.29) is 33.7 Å². The first-order chi connectivity index (χ1) is 29.1. The molecule has 6 heteroatoms. The summed E-state index contributed by atoms with van der Waals surface area (Å²) in [6, 6.07) is 46.1. The molecule has 0 radical (unpaired) electrons. The van der Waals surface area contributed by atoms with Gasteiger partial charge in [-0.2, -0.15) is 0 Å². The van der Waals surface area contributed by atoms with Crippen LogP contribution in [-0.2, 0) is 37.8 Å². The van der Waals surface area contributed by atoms with Crippen molar-refractivity contribution in [1.82, 2.24) is 0 Å². The molecule has 0 aromatic heterocycles. The highest BCUT2D eigenvalue weighted by Gasteiger charge is 2.36. The smallest absolute Gasteiger partial charge is 0.343 e. The van der Waals surface area contributed by atoms with Gasteiger partial charge >= 0.3 is 11.9 Å². The predicted molar refractivity (Wildman–Crippen MR) is 244 cm³/mol. The Morgan fingerprint density at radius 3 is 1.75 bits per heavy atom. The quantitative estimate of drug-likeness (QED) is 0.0914. The van der Waals surface area contributed by atoms with Gasteiger partial charge in [0.05, 0.1) is 5.57 Å². The highest BCUT2D eigenvalue weighted by Crippen LogP contribution is 2.46. The Kier molecular flexibility index (Phi) is 9.43. The van der Waals surface area contributed by atoms with Crippen LogP contribution in [0, 0.1) is 0 Å². The van der Waals surface area contributed by atoms with E-state index in [0.717, 1.165) is 60.7 Å². The molecule has 7 aromatic carbocycles. The van der Waals surface area contributed by atoms with Gasteiger partial charge in [0.25, 0.3) is 0 Å². The minimum Gasteiger partial charge on any atom is -0.425 e. The van der Waals surface area contributed by atoms with Crippen molar-refractivity contribution in [2.45, 2.75) is 54.2 Å². The van der Waals surface area contributed by atoms with E-state index >= 15 is 0 Å². The summed E-state index contributed by atoms with van der Waals surface area (Å²) < 4.78 is 12.7. The summed E-state index contributed by atoms with van der Waals surface area (Å²) in [5.74, 6) is 4.97. The topological polar surface area (TPSA) is 52.6 Å². The molecule has 0 saturated carbocycles. The molecule has 0 bridgehead atoms. The van der Waals surface area contributed by atoms with Gasteiger partial charge in [0.15, 0.2) is 9.79 Å². The lowest BCUT2D eigenvalue weighted by molar-refractivity contribution is -0.135. The maximum absolute atomic E-state index is 14.4. The zero-order chi connectivity index (χ0) is 39.5. The molecule has 4 nitrogen and oxygen atoms in total. The van der Waals surface area contributed by atoms with E-state index in [1.165, 1.54) is 70.3 Å². The molecule has 2 fully saturated rings. The molecule has 290 valence electrons. The van der Waals surface area contributed by atoms with Crippen molar-refractivity contribution in [3.8, 4) is 33.8 Å². The fourth-order valence-corrected chi connectivity index (χ4v) is 14.8. The average Bonchev–Trinajstić information content (AvgIpc) is 4.05. The Balaban J connectivity index is 0.931. The summed E-state index contributed by atoms with van der Waals surface area (Å²) in [4.78, 5) is 31.2. The summed E-state index contributed by atoms with van der Waals surface area (Å²) in [6.07, 6.45) is 9.03. The molecule has 59 heavy (non-hydrogen) atoms. The first-order valence-electron chi connectivity index (χ1n) is 21.0. The van der Waals surface area contributed by atoms with Gasteiger partial charge in [-0.3, -0.25) is 4.79 Å². The zero-order valence-corrected chi connectivity index (χ0v) is 34.5. The van der Waals surface area contributed by atoms with E-state index in [0.29, 0.717) is 23.5 Å². The molecule has 0 N–H and O–H groups in total. The maximum atomic E-state index is 14.4. The van der Waals surface area contributed by atoms with Crippen molar-refractivity contribution >= 4 is 60.8 Å². The number of hydrogen-bond donors (Lipinski definition) is 0. The lowest BCUT2D eigenvalue weighted by Crippen LogP contribution is -2.19. The molecule has 0 amide bonds. The molecule has 0 unspecified atom stereocenters. The number of rotatable bonds is 7. The second kappa shape index (κ2) is 15.2. The summed E-state index contributed by atoms with van der Waals surface area (Å²) in [5.41, 5.74) is 8.77. The van der Waals surface area contributed by atoms with Crippen molar-refractivity contribution < 1.29 is 19.1 Å². The zero-order valence-electron chi connectivity index (χ0n) is 32.9. The van der Waals surface area contributed by atoms with Crippen molar-refractivity contribution in [3.05, 3.63) is 162 Å². The standard InChI is InChI=1S/C53H44O4S2/c54-52(56-47-24-26-49(59-30-10-11-31-59)40-15-5-4-14-39(40)47)44-23-20-34-18-19-35(32-45(34)44)36-21-22-41-46(33-36)48(25-27-50(41)58-28-8-1-9-29-58)57-53(55)51-42-16-6-2-12-37(42)38-13-3-7-17-43(38)51/h2-7,12-19,21-27,32-33,51H,1,8-11,20,28-31H2/q+2. The lowest BCUT2D eigenvalue weighted by atomic mass is 9.96. The van der Waals surface area contributed by atoms with Crippen molar-refractivity contribution in [3.63, 3.8) is 0 Å². The molecule has 2 aliphatic carbocycles. The molecule has 4 aliphatic rings. The number of allylic oxidation sites excluding steroid dienone is 1. The number of ether oxygens (including phenoxy) is 2. The predicted octanol–water partition coefficient (Wildman–Crippen LogP) is 11.9. The minimum atomic E-state index is -0.495. The maximum Gasteiger partial charge on any atom is 0.343 e. The molecule has 0 spiro atoms. The first kappa shape index (κ1) is 36.5. The van der Waals surface area contributed by atoms with Crippen LogP contribution < -0.4 is 9.47 Å². The van der Waals surface area contributed by atoms with Crippen molar-refractivity contribution in [2.75, 3.05) is 23.0 Å². The van der Waals surface area contributed by atoms with Gasteiger partial charge in [0.2, 0.25) is 0 Å². The number of fused-ring (bicyclic) bond motifs is 6. The van der Waals surface area contributed by atoms with Gasteiger partial charge in [-0.25, -0.2) is 4.79 Å². The van der Waals surface area contributed by atoms with Gasteiger partial charge in [0.1, 0.15) is 40.4 Å². The van der Waals surface area contributed by atoms with E-state index in [2.05, 4.69) is 78.9 Å². The SMILES string of the molecule is O=C(Oc1ccc([S+]2CCCC2)c2ccccc12)C1=CCc2ccc(-c3ccc4c([S+]5CCCCC5)ccc(OC(=O)C5c6ccccc6-c6ccccc65)c4c3)cc21. The largest absolute Gasteiger partial charge is 0.425 e. The molecule has 2 heterocycles. The van der Waals surface area contributed by atoms with Crippen molar-refractivity contribution in [1.29, 1.82) is 0 Å². The summed E-state index contributed by atoms with van der Waals surface area (Å²) in [7, 11) is 0.398. The van der Waals surface area contributed by atoms with Crippen LogP contribution in [0.3, 0.4) is 0 Å². The number of carbonyl (C=O) groups is 2. The third kappa shape index (κ3) is 6.48. The van der Waals surface area contributed by atoms with Gasteiger partial charge < -0.3 is 9.47 Å². The Morgan fingerprint density at radius 1 is 0.492 bits per heavy atom. The lowest BCUT2D eigenvalue weighted by Gasteiger charge is -2.18. The molecule has 2 aliphatic heterocycles. The summed E-state index contributed by atoms with van der Waals surface area (Å²) in [5, 5.41) is 4.27. The van der Waals surface area contributed by atoms with E-state index in [1.807, 2.05) is 60.7 Å². The average molecular weight is 809 g/mol. The summed E-state index contributed by atoms with van der Waals surface area (Å²) >= 11 is 0. The number of carbonyl (C=O) groups excluding carboxylic acids is 2. The van der Waals surface area contributed by atoms with Crippen LogP contribution in [0.25, 0.3) is 49.4 Å². The second-order valence-corrected chi connectivity index (χ2v) is 20.6. The van der Waals surface area contributed by atoms with Crippen LogP contribution >= 0.6 is 0 Å². The van der Waals surface area contributed by atoms with Gasteiger partial charge in [-0.05, 0) is 132 Å². The molecular formula is C53H44O4S2+2. The van der Waals surface area contributed by atoms with Crippen molar-refractivity contribution in [2.24, 2.45) is 0 Å². The van der Waals surface area contributed by atoms with E-state index in [1.54, 1.807) is 0 Å². The van der Waals surface area contributed by atoms with Crippen LogP contribution in [0.2, 0.25) is 0 Å². The number of esters is 2. The molecule has 11 rings (SSSR count). The van der Waals surface area contributed by atoms with Gasteiger partial charge in [-0.1, -0.05) is 91.0 Å². The third-order valence-electron chi connectivity index (χ3n) is 12.7. The third-order valence-corrected chi connectivity index (χ3v) is 17.8. The fraction of sp³-hybridized carbons (Fsp3) is 0.208. The minimum absolute atomic E-state index is 0.146. The molecular weight excluding hydrogens is 765 g/mol. The Morgan fingerprint density at radius 2 is 1.05 bits per heavy atom. The monoisotopic (exact) mass is 808 g/mol. The second-order valence-electron chi connectivity index (χ2n) is 16.1. The van der Waals surface area contributed by atoms with E-state index in [4.69, 9.17) is 9.47 Å². The van der Waals surface area contributed by atoms with Gasteiger partial charge in [-0.15, -0.1) is 0 Å². The van der Waals surface area contributed by atoms with Gasteiger partial charge in [0, 0.05) is 43.3 Å². The van der Waals surface area contributed by atoms with Crippen LogP contribution in [0.1, 0.15) is 60.3 Å². The van der Waals surface area contributed by atoms with E-state index < -0.39 is 5.92 Å². The highest BCUT2D eigenvalue weighted by atomic mass is 32.2. The Bertz CT molecular complexity index is 2820. The Labute approximate surface area is 351 Å². The normalized spacial score (nSPS) is 16.5. The number of benzene rings is 7. The molecule has 2 saturated heterocycles. The summed E-state index contributed by atoms with van der Waals surface area (Å²) in [6.45, 7) is 0. The van der Waals surface area contributed by atoms with Crippen LogP contribution in [0.4, 0.5) is 0 Å². The molecule has 7 aromatic rings. The van der Waals surface area contributed by atoms with Crippen LogP contribution in [0.5, 0.6) is 11.5 Å². The molecule has 0 atom stereocenters. The van der Waals surface area contributed by atoms with Crippen LogP contribution in [-0.4, -0.2) is 35.0 Å².